The number of hydrogen-bond acceptors (Lipinski definition) is 5. The SMILES string of the molecule is CCN(CC)CCN1C(=O)C(=O)/C(=C(\O)c2ccc(OC(C)C)c(C)c2)C1c1ccc(Cl)cc1. The summed E-state index contributed by atoms with van der Waals surface area (Å²) in [7, 11) is 0. The minimum atomic E-state index is -0.695. The Morgan fingerprint density at radius 1 is 1.12 bits per heavy atom. The maximum Gasteiger partial charge on any atom is 0.295 e. The average molecular weight is 485 g/mol. The van der Waals surface area contributed by atoms with Crippen molar-refractivity contribution in [2.75, 3.05) is 26.2 Å². The number of carbonyl (C=O) groups is 2. The monoisotopic (exact) mass is 484 g/mol. The molecule has 3 rings (SSSR count). The molecule has 1 heterocycles. The fourth-order valence-electron chi connectivity index (χ4n) is 4.23. The van der Waals surface area contributed by atoms with Crippen LogP contribution >= 0.6 is 11.6 Å². The van der Waals surface area contributed by atoms with Gasteiger partial charge in [0.15, 0.2) is 0 Å². The van der Waals surface area contributed by atoms with Gasteiger partial charge in [0.25, 0.3) is 11.7 Å². The molecule has 0 spiro atoms. The second-order valence-corrected chi connectivity index (χ2v) is 9.15. The lowest BCUT2D eigenvalue weighted by Gasteiger charge is -2.28. The standard InChI is InChI=1S/C27H33ClN2O4/c1-6-29(7-2)14-15-30-24(19-8-11-21(28)12-9-19)23(26(32)27(30)33)25(31)20-10-13-22(18(5)16-20)34-17(3)4/h8-13,16-17,24,31H,6-7,14-15H2,1-5H3/b25-23-. The first-order valence-corrected chi connectivity index (χ1v) is 12.1. The number of aliphatic hydroxyl groups is 1. The summed E-state index contributed by atoms with van der Waals surface area (Å²) in [6.45, 7) is 12.6. The van der Waals surface area contributed by atoms with Crippen molar-refractivity contribution >= 4 is 29.1 Å². The Kier molecular flexibility index (Phi) is 8.39. The zero-order valence-electron chi connectivity index (χ0n) is 20.5. The molecule has 1 aliphatic heterocycles. The number of benzene rings is 2. The van der Waals surface area contributed by atoms with E-state index in [1.54, 1.807) is 47.4 Å². The van der Waals surface area contributed by atoms with Crippen molar-refractivity contribution in [1.82, 2.24) is 9.80 Å². The van der Waals surface area contributed by atoms with Crippen LogP contribution < -0.4 is 4.74 Å². The minimum absolute atomic E-state index is 0.0131. The van der Waals surface area contributed by atoms with Gasteiger partial charge in [0.2, 0.25) is 0 Å². The molecule has 182 valence electrons. The number of likely N-dealkylation sites (tertiary alicyclic amines) is 1. The Morgan fingerprint density at radius 2 is 1.76 bits per heavy atom. The highest BCUT2D eigenvalue weighted by Gasteiger charge is 2.46. The summed E-state index contributed by atoms with van der Waals surface area (Å²) in [4.78, 5) is 30.0. The first kappa shape index (κ1) is 25.8. The molecule has 6 nitrogen and oxygen atoms in total. The number of likely N-dealkylation sites (N-methyl/N-ethyl adjacent to an activating group) is 1. The molecule has 34 heavy (non-hydrogen) atoms. The van der Waals surface area contributed by atoms with Crippen molar-refractivity contribution in [3.05, 3.63) is 69.8 Å². The molecule has 0 aromatic heterocycles. The fraction of sp³-hybridized carbons (Fsp3) is 0.407. The number of aliphatic hydroxyl groups excluding tert-OH is 1. The van der Waals surface area contributed by atoms with Gasteiger partial charge in [0, 0.05) is 23.7 Å². The first-order chi connectivity index (χ1) is 16.2. The largest absolute Gasteiger partial charge is 0.507 e. The second-order valence-electron chi connectivity index (χ2n) is 8.72. The van der Waals surface area contributed by atoms with E-state index in [-0.39, 0.29) is 17.4 Å². The van der Waals surface area contributed by atoms with Crippen LogP contribution in [-0.4, -0.2) is 58.9 Å². The molecule has 1 amide bonds. The van der Waals surface area contributed by atoms with Crippen molar-refractivity contribution in [3.63, 3.8) is 0 Å². The van der Waals surface area contributed by atoms with E-state index < -0.39 is 17.7 Å². The minimum Gasteiger partial charge on any atom is -0.507 e. The number of carbonyl (C=O) groups excluding carboxylic acids is 2. The molecule has 1 N–H and O–H groups in total. The van der Waals surface area contributed by atoms with Crippen LogP contribution in [0.1, 0.15) is 50.4 Å². The maximum atomic E-state index is 13.2. The van der Waals surface area contributed by atoms with E-state index in [4.69, 9.17) is 16.3 Å². The molecule has 0 saturated carbocycles. The highest BCUT2D eigenvalue weighted by Crippen LogP contribution is 2.40. The van der Waals surface area contributed by atoms with E-state index in [1.165, 1.54) is 0 Å². The number of ether oxygens (including phenoxy) is 1. The van der Waals surface area contributed by atoms with Crippen molar-refractivity contribution in [2.24, 2.45) is 0 Å². The molecule has 0 bridgehead atoms. The molecule has 0 aliphatic carbocycles. The van der Waals surface area contributed by atoms with E-state index in [1.807, 2.05) is 20.8 Å². The van der Waals surface area contributed by atoms with Gasteiger partial charge in [-0.1, -0.05) is 37.6 Å². The van der Waals surface area contributed by atoms with E-state index in [9.17, 15) is 14.7 Å². The van der Waals surface area contributed by atoms with Gasteiger partial charge < -0.3 is 19.6 Å². The van der Waals surface area contributed by atoms with Gasteiger partial charge in [-0.25, -0.2) is 0 Å². The molecule has 1 atom stereocenters. The molecule has 2 aromatic rings. The van der Waals surface area contributed by atoms with Crippen molar-refractivity contribution in [2.45, 2.75) is 46.8 Å². The highest BCUT2D eigenvalue weighted by molar-refractivity contribution is 6.46. The second kappa shape index (κ2) is 11.1. The van der Waals surface area contributed by atoms with Gasteiger partial charge >= 0.3 is 0 Å². The molecule has 1 saturated heterocycles. The van der Waals surface area contributed by atoms with Crippen LogP contribution in [0.25, 0.3) is 5.76 Å². The van der Waals surface area contributed by atoms with Gasteiger partial charge in [0.1, 0.15) is 11.5 Å². The summed E-state index contributed by atoms with van der Waals surface area (Å²) >= 11 is 6.09. The van der Waals surface area contributed by atoms with Gasteiger partial charge in [-0.3, -0.25) is 9.59 Å². The van der Waals surface area contributed by atoms with Crippen LogP contribution in [0, 0.1) is 6.92 Å². The first-order valence-electron chi connectivity index (χ1n) is 11.7. The average Bonchev–Trinajstić information content (AvgIpc) is 3.05. The Bertz CT molecular complexity index is 1070. The summed E-state index contributed by atoms with van der Waals surface area (Å²) in [6, 6.07) is 11.6. The van der Waals surface area contributed by atoms with Crippen LogP contribution in [-0.2, 0) is 9.59 Å². The van der Waals surface area contributed by atoms with Crippen molar-refractivity contribution < 1.29 is 19.4 Å². The van der Waals surface area contributed by atoms with Gasteiger partial charge in [-0.05, 0) is 75.3 Å². The van der Waals surface area contributed by atoms with Crippen LogP contribution in [0.4, 0.5) is 0 Å². The predicted octanol–water partition coefficient (Wildman–Crippen LogP) is 5.20. The lowest BCUT2D eigenvalue weighted by atomic mass is 9.95. The summed E-state index contributed by atoms with van der Waals surface area (Å²) in [5.74, 6) is -0.773. The molecule has 2 aromatic carbocycles. The molecule has 1 unspecified atom stereocenters. The Morgan fingerprint density at radius 3 is 2.32 bits per heavy atom. The van der Waals surface area contributed by atoms with Gasteiger partial charge in [-0.15, -0.1) is 0 Å². The number of Topliss-reactive ketones (excluding diaryl/α,β-unsaturated/α-hetero) is 1. The van der Waals surface area contributed by atoms with Gasteiger partial charge in [0.05, 0.1) is 17.7 Å². The molecule has 1 fully saturated rings. The number of rotatable bonds is 9. The van der Waals surface area contributed by atoms with E-state index in [0.29, 0.717) is 29.4 Å². The Balaban J connectivity index is 2.08. The number of aryl methyl sites for hydroxylation is 1. The van der Waals surface area contributed by atoms with Crippen molar-refractivity contribution in [1.29, 1.82) is 0 Å². The van der Waals surface area contributed by atoms with Crippen LogP contribution in [0.2, 0.25) is 5.02 Å². The zero-order valence-corrected chi connectivity index (χ0v) is 21.2. The molecular formula is C27H33ClN2O4. The van der Waals surface area contributed by atoms with Crippen LogP contribution in [0.15, 0.2) is 48.0 Å². The fourth-order valence-corrected chi connectivity index (χ4v) is 4.36. The van der Waals surface area contributed by atoms with E-state index in [0.717, 1.165) is 24.2 Å². The van der Waals surface area contributed by atoms with E-state index >= 15 is 0 Å². The van der Waals surface area contributed by atoms with Gasteiger partial charge in [-0.2, -0.15) is 0 Å². The Hall–Kier alpha value is -2.83. The molecule has 7 heteroatoms. The smallest absolute Gasteiger partial charge is 0.295 e. The summed E-state index contributed by atoms with van der Waals surface area (Å²) in [6.07, 6.45) is 0.0131. The maximum absolute atomic E-state index is 13.2. The highest BCUT2D eigenvalue weighted by atomic mass is 35.5. The third-order valence-electron chi connectivity index (χ3n) is 6.09. The molecule has 1 aliphatic rings. The Labute approximate surface area is 206 Å². The number of halogens is 1. The number of nitrogens with zero attached hydrogens (tertiary/aromatic N) is 2. The number of hydrogen-bond donors (Lipinski definition) is 1. The molecular weight excluding hydrogens is 452 g/mol. The van der Waals surface area contributed by atoms with Crippen LogP contribution in [0.5, 0.6) is 5.75 Å². The summed E-state index contributed by atoms with van der Waals surface area (Å²) in [5.41, 5.74) is 2.11. The third kappa shape index (κ3) is 5.45. The lowest BCUT2D eigenvalue weighted by Crippen LogP contribution is -2.38. The number of amides is 1. The normalized spacial score (nSPS) is 17.8. The number of ketones is 1. The summed E-state index contributed by atoms with van der Waals surface area (Å²) < 4.78 is 5.79. The summed E-state index contributed by atoms with van der Waals surface area (Å²) in [5, 5.41) is 11.8. The van der Waals surface area contributed by atoms with Crippen molar-refractivity contribution in [3.8, 4) is 5.75 Å². The lowest BCUT2D eigenvalue weighted by molar-refractivity contribution is -0.140. The third-order valence-corrected chi connectivity index (χ3v) is 6.34. The quantitative estimate of drug-likeness (QED) is 0.301. The molecule has 0 radical (unpaired) electrons. The zero-order chi connectivity index (χ0) is 25.0. The van der Waals surface area contributed by atoms with E-state index in [2.05, 4.69) is 18.7 Å². The topological polar surface area (TPSA) is 70.1 Å². The predicted molar refractivity (Wildman–Crippen MR) is 135 cm³/mol. The van der Waals surface area contributed by atoms with Crippen LogP contribution in [0.3, 0.4) is 0 Å².